The van der Waals surface area contributed by atoms with Gasteiger partial charge in [-0.15, -0.1) is 11.3 Å². The summed E-state index contributed by atoms with van der Waals surface area (Å²) in [6, 6.07) is 13.5. The Bertz CT molecular complexity index is 911. The Labute approximate surface area is 133 Å². The molecule has 6 nitrogen and oxygen atoms in total. The summed E-state index contributed by atoms with van der Waals surface area (Å²) in [6.07, 6.45) is 0. The van der Waals surface area contributed by atoms with Gasteiger partial charge in [-0.3, -0.25) is 9.59 Å². The highest BCUT2D eigenvalue weighted by molar-refractivity contribution is 7.20. The van der Waals surface area contributed by atoms with Crippen molar-refractivity contribution in [3.05, 3.63) is 64.7 Å². The fourth-order valence-electron chi connectivity index (χ4n) is 2.33. The summed E-state index contributed by atoms with van der Waals surface area (Å²) < 4.78 is 0.821. The normalized spacial score (nSPS) is 13.5. The van der Waals surface area contributed by atoms with E-state index in [-0.39, 0.29) is 16.1 Å². The Morgan fingerprint density at radius 3 is 2.22 bits per heavy atom. The van der Waals surface area contributed by atoms with E-state index in [9.17, 15) is 14.4 Å². The molecule has 1 aliphatic heterocycles. The number of benzene rings is 2. The molecule has 3 aromatic rings. The molecule has 0 radical (unpaired) electrons. The number of nitrogens with zero attached hydrogens (tertiary/aromatic N) is 2. The fourth-order valence-corrected chi connectivity index (χ4v) is 3.17. The second-order valence-electron chi connectivity index (χ2n) is 4.82. The predicted octanol–water partition coefficient (Wildman–Crippen LogP) is 2.66. The van der Waals surface area contributed by atoms with Crippen molar-refractivity contribution >= 4 is 39.3 Å². The summed E-state index contributed by atoms with van der Waals surface area (Å²) in [5.74, 6) is -2.14. The van der Waals surface area contributed by atoms with Crippen LogP contribution < -0.4 is 0 Å². The number of hydrogen-bond acceptors (Lipinski definition) is 6. The van der Waals surface area contributed by atoms with Crippen LogP contribution in [0.15, 0.2) is 48.5 Å². The number of fused-ring (bicyclic) bond motifs is 2. The van der Waals surface area contributed by atoms with Crippen molar-refractivity contribution in [2.24, 2.45) is 0 Å². The molecule has 7 heteroatoms. The van der Waals surface area contributed by atoms with Crippen LogP contribution in [-0.2, 0) is 4.84 Å². The van der Waals surface area contributed by atoms with E-state index in [1.807, 2.05) is 12.1 Å². The number of hydrogen-bond donors (Lipinski definition) is 0. The Balaban J connectivity index is 1.62. The van der Waals surface area contributed by atoms with Crippen molar-refractivity contribution < 1.29 is 19.2 Å². The highest BCUT2D eigenvalue weighted by Crippen LogP contribution is 2.25. The zero-order chi connectivity index (χ0) is 16.0. The van der Waals surface area contributed by atoms with E-state index in [2.05, 4.69) is 4.98 Å². The molecule has 2 heterocycles. The number of amides is 2. The zero-order valence-electron chi connectivity index (χ0n) is 11.6. The van der Waals surface area contributed by atoms with Crippen LogP contribution in [0.5, 0.6) is 0 Å². The average Bonchev–Trinajstić information content (AvgIpc) is 3.11. The van der Waals surface area contributed by atoms with E-state index in [0.29, 0.717) is 10.6 Å². The molecule has 0 saturated carbocycles. The van der Waals surface area contributed by atoms with Crippen molar-refractivity contribution in [3.8, 4) is 0 Å². The van der Waals surface area contributed by atoms with E-state index in [1.165, 1.54) is 12.1 Å². The largest absolute Gasteiger partial charge is 0.392 e. The maximum Gasteiger partial charge on any atom is 0.392 e. The van der Waals surface area contributed by atoms with Gasteiger partial charge in [0.05, 0.1) is 21.3 Å². The summed E-state index contributed by atoms with van der Waals surface area (Å²) in [7, 11) is 0. The Hall–Kier alpha value is -3.06. The van der Waals surface area contributed by atoms with Crippen LogP contribution in [0.2, 0.25) is 0 Å². The van der Waals surface area contributed by atoms with Gasteiger partial charge in [-0.25, -0.2) is 9.78 Å². The molecule has 2 amide bonds. The zero-order valence-corrected chi connectivity index (χ0v) is 12.4. The van der Waals surface area contributed by atoms with Gasteiger partial charge in [0.15, 0.2) is 0 Å². The number of imide groups is 1. The minimum Gasteiger partial charge on any atom is -0.322 e. The van der Waals surface area contributed by atoms with Crippen molar-refractivity contribution in [1.82, 2.24) is 10.0 Å². The Kier molecular flexibility index (Phi) is 2.95. The smallest absolute Gasteiger partial charge is 0.322 e. The summed E-state index contributed by atoms with van der Waals surface area (Å²) in [5.41, 5.74) is 1.09. The molecule has 1 aliphatic rings. The lowest BCUT2D eigenvalue weighted by atomic mass is 10.1. The van der Waals surface area contributed by atoms with E-state index in [0.717, 1.165) is 16.0 Å². The molecule has 4 rings (SSSR count). The highest BCUT2D eigenvalue weighted by atomic mass is 32.1. The highest BCUT2D eigenvalue weighted by Gasteiger charge is 2.39. The standard InChI is InChI=1S/C16H8N2O4S/c19-14-9-5-1-2-6-10(9)15(20)18(14)22-16(21)13-17-11-7-3-4-8-12(11)23-13/h1-8H. The number of carbonyl (C=O) groups excluding carboxylic acids is 3. The van der Waals surface area contributed by atoms with Crippen LogP contribution in [0, 0.1) is 0 Å². The first kappa shape index (κ1) is 13.6. The van der Waals surface area contributed by atoms with Gasteiger partial charge in [-0.2, -0.15) is 0 Å². The third-order valence-electron chi connectivity index (χ3n) is 3.40. The van der Waals surface area contributed by atoms with Crippen LogP contribution in [0.3, 0.4) is 0 Å². The second-order valence-corrected chi connectivity index (χ2v) is 5.85. The number of thiazole rings is 1. The van der Waals surface area contributed by atoms with Crippen molar-refractivity contribution in [2.45, 2.75) is 0 Å². The van der Waals surface area contributed by atoms with Crippen LogP contribution in [0.4, 0.5) is 0 Å². The number of carbonyl (C=O) groups is 3. The summed E-state index contributed by atoms with van der Waals surface area (Å²) in [5, 5.41) is 0.571. The maximum atomic E-state index is 12.2. The predicted molar refractivity (Wildman–Crippen MR) is 82.0 cm³/mol. The molecule has 1 aromatic heterocycles. The van der Waals surface area contributed by atoms with Crippen LogP contribution in [0.1, 0.15) is 30.5 Å². The molecular formula is C16H8N2O4S. The number of rotatable bonds is 2. The summed E-state index contributed by atoms with van der Waals surface area (Å²) in [6.45, 7) is 0. The third-order valence-corrected chi connectivity index (χ3v) is 4.42. The fraction of sp³-hybridized carbons (Fsp3) is 0. The van der Waals surface area contributed by atoms with Gasteiger partial charge in [0.1, 0.15) is 0 Å². The molecule has 112 valence electrons. The Morgan fingerprint density at radius 2 is 1.57 bits per heavy atom. The lowest BCUT2D eigenvalue weighted by Crippen LogP contribution is -2.32. The quantitative estimate of drug-likeness (QED) is 0.677. The molecule has 23 heavy (non-hydrogen) atoms. The number of para-hydroxylation sites is 1. The SMILES string of the molecule is O=C(ON1C(=O)c2ccccc2C1=O)c1nc2ccccc2s1. The van der Waals surface area contributed by atoms with E-state index in [1.54, 1.807) is 24.3 Å². The first-order valence-electron chi connectivity index (χ1n) is 6.71. The lowest BCUT2D eigenvalue weighted by molar-refractivity contribution is -0.0584. The van der Waals surface area contributed by atoms with Gasteiger partial charge in [-0.1, -0.05) is 29.3 Å². The Morgan fingerprint density at radius 1 is 0.957 bits per heavy atom. The minimum absolute atomic E-state index is 0.0859. The first-order valence-corrected chi connectivity index (χ1v) is 7.52. The monoisotopic (exact) mass is 324 g/mol. The third kappa shape index (κ3) is 2.09. The van der Waals surface area contributed by atoms with Gasteiger partial charge in [-0.05, 0) is 24.3 Å². The minimum atomic E-state index is -0.833. The molecule has 0 fully saturated rings. The molecule has 0 atom stereocenters. The van der Waals surface area contributed by atoms with E-state index >= 15 is 0 Å². The molecular weight excluding hydrogens is 316 g/mol. The van der Waals surface area contributed by atoms with Crippen LogP contribution in [-0.4, -0.2) is 27.8 Å². The van der Waals surface area contributed by atoms with Crippen molar-refractivity contribution in [3.63, 3.8) is 0 Å². The first-order chi connectivity index (χ1) is 11.1. The van der Waals surface area contributed by atoms with E-state index in [4.69, 9.17) is 4.84 Å². The topological polar surface area (TPSA) is 76.6 Å². The number of aromatic nitrogens is 1. The number of hydroxylamine groups is 2. The van der Waals surface area contributed by atoms with E-state index < -0.39 is 17.8 Å². The van der Waals surface area contributed by atoms with Gasteiger partial charge in [0.25, 0.3) is 11.8 Å². The van der Waals surface area contributed by atoms with Crippen molar-refractivity contribution in [1.29, 1.82) is 0 Å². The van der Waals surface area contributed by atoms with Crippen molar-refractivity contribution in [2.75, 3.05) is 0 Å². The van der Waals surface area contributed by atoms with Gasteiger partial charge < -0.3 is 4.84 Å². The van der Waals surface area contributed by atoms with Gasteiger partial charge >= 0.3 is 5.97 Å². The average molecular weight is 324 g/mol. The maximum absolute atomic E-state index is 12.2. The van der Waals surface area contributed by atoms with Gasteiger partial charge in [0.2, 0.25) is 5.01 Å². The lowest BCUT2D eigenvalue weighted by Gasteiger charge is -2.11. The van der Waals surface area contributed by atoms with Crippen LogP contribution >= 0.6 is 11.3 Å². The molecule has 0 spiro atoms. The summed E-state index contributed by atoms with van der Waals surface area (Å²) >= 11 is 1.14. The molecule has 0 N–H and O–H groups in total. The molecule has 0 aliphatic carbocycles. The van der Waals surface area contributed by atoms with Crippen LogP contribution in [0.25, 0.3) is 10.2 Å². The molecule has 0 unspecified atom stereocenters. The molecule has 2 aromatic carbocycles. The second kappa shape index (κ2) is 4.99. The molecule has 0 saturated heterocycles. The molecule has 0 bridgehead atoms. The summed E-state index contributed by atoms with van der Waals surface area (Å²) in [4.78, 5) is 45.6. The van der Waals surface area contributed by atoms with Gasteiger partial charge in [0, 0.05) is 0 Å².